The van der Waals surface area contributed by atoms with Crippen molar-refractivity contribution < 1.29 is 18.7 Å². The molecule has 1 N–H and O–H groups in total. The fourth-order valence-electron chi connectivity index (χ4n) is 3.22. The Labute approximate surface area is 227 Å². The van der Waals surface area contributed by atoms with Crippen molar-refractivity contribution in [1.29, 1.82) is 0 Å². The first-order valence-electron chi connectivity index (χ1n) is 11.3. The zero-order chi connectivity index (χ0) is 26.0. The highest BCUT2D eigenvalue weighted by Crippen LogP contribution is 2.30. The van der Waals surface area contributed by atoms with E-state index in [1.807, 2.05) is 42.6 Å². The van der Waals surface area contributed by atoms with E-state index in [0.29, 0.717) is 28.7 Å². The average Bonchev–Trinajstić information content (AvgIpc) is 3.38. The molecule has 0 saturated heterocycles. The van der Waals surface area contributed by atoms with E-state index < -0.39 is 5.82 Å². The van der Waals surface area contributed by atoms with Gasteiger partial charge in [-0.1, -0.05) is 59.8 Å². The summed E-state index contributed by atoms with van der Waals surface area (Å²) in [5, 5.41) is 6.30. The van der Waals surface area contributed by atoms with Gasteiger partial charge >= 0.3 is 0 Å². The van der Waals surface area contributed by atoms with Gasteiger partial charge in [0.25, 0.3) is 5.91 Å². The van der Waals surface area contributed by atoms with Crippen LogP contribution in [-0.4, -0.2) is 29.5 Å². The van der Waals surface area contributed by atoms with Crippen LogP contribution in [0, 0.1) is 5.82 Å². The fraction of sp³-hybridized carbons (Fsp3) is 0.148. The summed E-state index contributed by atoms with van der Waals surface area (Å²) in [6, 6.07) is 19.6. The lowest BCUT2D eigenvalue weighted by Gasteiger charge is -2.13. The van der Waals surface area contributed by atoms with Crippen molar-refractivity contribution in [1.82, 2.24) is 10.4 Å². The van der Waals surface area contributed by atoms with Gasteiger partial charge in [-0.05, 0) is 42.8 Å². The molecule has 1 heterocycles. The number of hydrazone groups is 1. The lowest BCUT2D eigenvalue weighted by atomic mass is 10.2. The summed E-state index contributed by atoms with van der Waals surface area (Å²) in [6.07, 6.45) is 1.51. The number of hydrogen-bond acceptors (Lipinski definition) is 7. The molecular weight excluding hydrogens is 533 g/mol. The molecule has 3 aromatic carbocycles. The Morgan fingerprint density at radius 2 is 1.97 bits per heavy atom. The number of benzene rings is 3. The van der Waals surface area contributed by atoms with Crippen molar-refractivity contribution >= 4 is 46.8 Å². The molecule has 1 aromatic heterocycles. The quantitative estimate of drug-likeness (QED) is 0.125. The predicted molar refractivity (Wildman–Crippen MR) is 147 cm³/mol. The molecule has 0 fully saturated rings. The number of carbonyl (C=O) groups is 1. The minimum absolute atomic E-state index is 0.0430. The van der Waals surface area contributed by atoms with Gasteiger partial charge in [0.05, 0.1) is 29.3 Å². The number of amides is 1. The van der Waals surface area contributed by atoms with E-state index >= 15 is 0 Å². The molecule has 0 aliphatic heterocycles. The largest absolute Gasteiger partial charge is 0.490 e. The van der Waals surface area contributed by atoms with E-state index in [1.165, 1.54) is 35.4 Å². The third kappa shape index (κ3) is 7.55. The molecule has 0 unspecified atom stereocenters. The van der Waals surface area contributed by atoms with E-state index in [2.05, 4.69) is 15.5 Å². The second kappa shape index (κ2) is 13.2. The number of thioether (sulfide) groups is 1. The highest BCUT2D eigenvalue weighted by atomic mass is 35.5. The van der Waals surface area contributed by atoms with Crippen molar-refractivity contribution in [2.24, 2.45) is 5.10 Å². The monoisotopic (exact) mass is 555 g/mol. The van der Waals surface area contributed by atoms with Gasteiger partial charge in [0.2, 0.25) is 0 Å². The second-order valence-corrected chi connectivity index (χ2v) is 10.1. The van der Waals surface area contributed by atoms with Crippen molar-refractivity contribution in [2.75, 3.05) is 12.4 Å². The number of nitrogens with one attached hydrogen (secondary N) is 1. The fourth-order valence-corrected chi connectivity index (χ4v) is 5.06. The van der Waals surface area contributed by atoms with Gasteiger partial charge in [-0.3, -0.25) is 4.79 Å². The van der Waals surface area contributed by atoms with Crippen LogP contribution in [0.25, 0.3) is 11.3 Å². The van der Waals surface area contributed by atoms with Gasteiger partial charge < -0.3 is 9.47 Å². The number of ether oxygens (including phenoxy) is 2. The van der Waals surface area contributed by atoms with Gasteiger partial charge in [0, 0.05) is 16.5 Å². The van der Waals surface area contributed by atoms with Crippen LogP contribution in [-0.2, 0) is 11.4 Å². The Morgan fingerprint density at radius 1 is 1.14 bits per heavy atom. The maximum atomic E-state index is 14.0. The maximum Gasteiger partial charge on any atom is 0.250 e. The summed E-state index contributed by atoms with van der Waals surface area (Å²) in [5.41, 5.74) is 5.42. The Morgan fingerprint density at radius 3 is 2.76 bits per heavy atom. The molecule has 0 atom stereocenters. The van der Waals surface area contributed by atoms with Crippen LogP contribution in [0.3, 0.4) is 0 Å². The number of aromatic nitrogens is 1. The molecule has 4 rings (SSSR count). The van der Waals surface area contributed by atoms with Crippen LogP contribution >= 0.6 is 34.7 Å². The smallest absolute Gasteiger partial charge is 0.250 e. The molecule has 10 heteroatoms. The molecule has 0 spiro atoms. The van der Waals surface area contributed by atoms with E-state index in [0.717, 1.165) is 15.6 Å². The van der Waals surface area contributed by atoms with Crippen LogP contribution in [0.5, 0.6) is 11.5 Å². The number of nitrogens with zero attached hydrogens (tertiary/aromatic N) is 2. The van der Waals surface area contributed by atoms with Gasteiger partial charge in [-0.2, -0.15) is 5.10 Å². The lowest BCUT2D eigenvalue weighted by molar-refractivity contribution is -0.118. The van der Waals surface area contributed by atoms with Gasteiger partial charge in [-0.25, -0.2) is 14.8 Å². The van der Waals surface area contributed by atoms with E-state index in [-0.39, 0.29) is 23.8 Å². The summed E-state index contributed by atoms with van der Waals surface area (Å²) in [4.78, 5) is 16.8. The summed E-state index contributed by atoms with van der Waals surface area (Å²) >= 11 is 8.93. The molecule has 4 aromatic rings. The molecule has 6 nitrogen and oxygen atoms in total. The third-order valence-electron chi connectivity index (χ3n) is 4.98. The summed E-state index contributed by atoms with van der Waals surface area (Å²) < 4.78 is 26.3. The van der Waals surface area contributed by atoms with Crippen molar-refractivity contribution in [3.8, 4) is 22.8 Å². The van der Waals surface area contributed by atoms with Crippen molar-refractivity contribution in [3.05, 3.63) is 94.1 Å². The molecule has 0 aliphatic carbocycles. The standard InChI is InChI=1S/C27H23ClFN3O3S2/c1-2-34-25-13-18(11-12-24(25)35-15-20-21(28)9-6-10-22(20)29)14-30-32-26(33)17-37-27-31-23(16-36-27)19-7-4-3-5-8-19/h3-14,16H,2,15,17H2,1H3,(H,32,33)/b30-14+. The molecule has 190 valence electrons. The van der Waals surface area contributed by atoms with E-state index in [4.69, 9.17) is 21.1 Å². The van der Waals surface area contributed by atoms with Gasteiger partial charge in [-0.15, -0.1) is 11.3 Å². The Balaban J connectivity index is 1.30. The molecule has 0 aliphatic rings. The number of hydrogen-bond donors (Lipinski definition) is 1. The topological polar surface area (TPSA) is 72.8 Å². The molecule has 37 heavy (non-hydrogen) atoms. The third-order valence-corrected chi connectivity index (χ3v) is 7.36. The van der Waals surface area contributed by atoms with Crippen LogP contribution in [0.1, 0.15) is 18.1 Å². The average molecular weight is 556 g/mol. The zero-order valence-electron chi connectivity index (χ0n) is 19.8. The molecule has 0 radical (unpaired) electrons. The normalized spacial score (nSPS) is 11.0. The molecule has 0 bridgehead atoms. The molecular formula is C27H23ClFN3O3S2. The Bertz CT molecular complexity index is 1360. The number of carbonyl (C=O) groups excluding carboxylic acids is 1. The minimum Gasteiger partial charge on any atom is -0.490 e. The first-order chi connectivity index (χ1) is 18.0. The SMILES string of the molecule is CCOc1cc(/C=N/NC(=O)CSc2nc(-c3ccccc3)cs2)ccc1OCc1c(F)cccc1Cl. The predicted octanol–water partition coefficient (Wildman–Crippen LogP) is 6.82. The highest BCUT2D eigenvalue weighted by Gasteiger charge is 2.11. The summed E-state index contributed by atoms with van der Waals surface area (Å²) in [7, 11) is 0. The van der Waals surface area contributed by atoms with Crippen LogP contribution < -0.4 is 14.9 Å². The molecule has 1 amide bonds. The first kappa shape index (κ1) is 26.7. The molecule has 0 saturated carbocycles. The van der Waals surface area contributed by atoms with E-state index in [9.17, 15) is 9.18 Å². The van der Waals surface area contributed by atoms with Crippen LogP contribution in [0.15, 0.2) is 81.6 Å². The summed E-state index contributed by atoms with van der Waals surface area (Å²) in [5.74, 6) is 0.421. The Kier molecular flexibility index (Phi) is 9.53. The first-order valence-corrected chi connectivity index (χ1v) is 13.6. The number of halogens is 2. The zero-order valence-corrected chi connectivity index (χ0v) is 22.2. The number of rotatable bonds is 11. The highest BCUT2D eigenvalue weighted by molar-refractivity contribution is 8.01. The maximum absolute atomic E-state index is 14.0. The summed E-state index contributed by atoms with van der Waals surface area (Å²) in [6.45, 7) is 2.22. The lowest BCUT2D eigenvalue weighted by Crippen LogP contribution is -2.19. The minimum atomic E-state index is -0.436. The van der Waals surface area contributed by atoms with Gasteiger partial charge in [0.15, 0.2) is 15.8 Å². The van der Waals surface area contributed by atoms with Crippen molar-refractivity contribution in [3.63, 3.8) is 0 Å². The number of thiazole rings is 1. The van der Waals surface area contributed by atoms with Crippen LogP contribution in [0.2, 0.25) is 5.02 Å². The van der Waals surface area contributed by atoms with Gasteiger partial charge in [0.1, 0.15) is 12.4 Å². The Hall–Kier alpha value is -3.40. The van der Waals surface area contributed by atoms with Crippen LogP contribution in [0.4, 0.5) is 4.39 Å². The van der Waals surface area contributed by atoms with E-state index in [1.54, 1.807) is 30.3 Å². The van der Waals surface area contributed by atoms with Crippen molar-refractivity contribution in [2.45, 2.75) is 17.9 Å². The second-order valence-electron chi connectivity index (χ2n) is 7.57.